The van der Waals surface area contributed by atoms with Crippen LogP contribution in [0.4, 0.5) is 0 Å². The lowest BCUT2D eigenvalue weighted by atomic mass is 10.1. The van der Waals surface area contributed by atoms with Crippen molar-refractivity contribution >= 4 is 5.91 Å². The molecule has 2 bridgehead atoms. The number of hydrogen-bond acceptors (Lipinski definition) is 4. The lowest BCUT2D eigenvalue weighted by molar-refractivity contribution is 0.0921. The van der Waals surface area contributed by atoms with Crippen LogP contribution in [-0.2, 0) is 6.54 Å². The standard InChI is InChI=1S/C12H17N3O2/c13-14-12(16)11-4-3-10(17-11)7-15-6-8-1-2-9(15)5-8/h3-4,8-9H,1-2,5-7,13H2,(H,14,16). The Morgan fingerprint density at radius 2 is 2.41 bits per heavy atom. The summed E-state index contributed by atoms with van der Waals surface area (Å²) in [7, 11) is 0. The zero-order valence-electron chi connectivity index (χ0n) is 9.69. The Labute approximate surface area is 99.9 Å². The van der Waals surface area contributed by atoms with Crippen molar-refractivity contribution < 1.29 is 9.21 Å². The summed E-state index contributed by atoms with van der Waals surface area (Å²) in [6, 6.07) is 4.25. The van der Waals surface area contributed by atoms with Crippen LogP contribution >= 0.6 is 0 Å². The van der Waals surface area contributed by atoms with E-state index in [2.05, 4.69) is 10.3 Å². The average Bonchev–Trinajstić information content (AvgIpc) is 3.03. The smallest absolute Gasteiger partial charge is 0.300 e. The maximum Gasteiger partial charge on any atom is 0.300 e. The lowest BCUT2D eigenvalue weighted by Gasteiger charge is -2.25. The van der Waals surface area contributed by atoms with Gasteiger partial charge in [-0.15, -0.1) is 0 Å². The predicted octanol–water partition coefficient (Wildman–Crippen LogP) is 0.867. The maximum atomic E-state index is 11.2. The van der Waals surface area contributed by atoms with Gasteiger partial charge in [-0.1, -0.05) is 0 Å². The molecule has 0 spiro atoms. The van der Waals surface area contributed by atoms with Gasteiger partial charge in [0.05, 0.1) is 6.54 Å². The van der Waals surface area contributed by atoms with Crippen LogP contribution in [0.15, 0.2) is 16.5 Å². The van der Waals surface area contributed by atoms with E-state index in [1.807, 2.05) is 6.07 Å². The summed E-state index contributed by atoms with van der Waals surface area (Å²) in [4.78, 5) is 13.7. The Morgan fingerprint density at radius 3 is 3.06 bits per heavy atom. The number of nitrogens with two attached hydrogens (primary N) is 1. The van der Waals surface area contributed by atoms with Gasteiger partial charge in [0.1, 0.15) is 5.76 Å². The number of rotatable bonds is 3. The molecule has 0 aromatic carbocycles. The topological polar surface area (TPSA) is 71.5 Å². The molecule has 1 aliphatic heterocycles. The molecule has 2 aliphatic rings. The van der Waals surface area contributed by atoms with Crippen molar-refractivity contribution in [1.29, 1.82) is 0 Å². The highest BCUT2D eigenvalue weighted by Gasteiger charge is 2.37. The summed E-state index contributed by atoms with van der Waals surface area (Å²) < 4.78 is 5.47. The van der Waals surface area contributed by atoms with Crippen molar-refractivity contribution in [3.8, 4) is 0 Å². The number of piperidine rings is 1. The monoisotopic (exact) mass is 235 g/mol. The highest BCUT2D eigenvalue weighted by atomic mass is 16.4. The molecule has 17 heavy (non-hydrogen) atoms. The number of nitrogens with zero attached hydrogens (tertiary/aromatic N) is 1. The Hall–Kier alpha value is -1.33. The van der Waals surface area contributed by atoms with Crippen LogP contribution < -0.4 is 11.3 Å². The molecule has 1 aromatic rings. The highest BCUT2D eigenvalue weighted by Crippen LogP contribution is 2.38. The summed E-state index contributed by atoms with van der Waals surface area (Å²) in [5.41, 5.74) is 2.07. The molecule has 2 fully saturated rings. The average molecular weight is 235 g/mol. The molecular formula is C12H17N3O2. The van der Waals surface area contributed by atoms with Crippen LogP contribution in [0.1, 0.15) is 35.6 Å². The number of hydrazine groups is 1. The second-order valence-electron chi connectivity index (χ2n) is 5.00. The maximum absolute atomic E-state index is 11.2. The number of fused-ring (bicyclic) bond motifs is 2. The molecule has 5 heteroatoms. The van der Waals surface area contributed by atoms with Crippen LogP contribution in [0.3, 0.4) is 0 Å². The zero-order chi connectivity index (χ0) is 11.8. The van der Waals surface area contributed by atoms with Crippen molar-refractivity contribution in [1.82, 2.24) is 10.3 Å². The van der Waals surface area contributed by atoms with Crippen LogP contribution in [-0.4, -0.2) is 23.4 Å². The number of furan rings is 1. The van der Waals surface area contributed by atoms with Crippen molar-refractivity contribution in [3.63, 3.8) is 0 Å². The molecule has 1 saturated heterocycles. The molecule has 2 atom stereocenters. The van der Waals surface area contributed by atoms with Gasteiger partial charge in [0.15, 0.2) is 5.76 Å². The van der Waals surface area contributed by atoms with Crippen LogP contribution in [0.25, 0.3) is 0 Å². The Kier molecular flexibility index (Phi) is 2.64. The number of nitrogen functional groups attached to an aromatic ring is 1. The van der Waals surface area contributed by atoms with E-state index in [4.69, 9.17) is 10.3 Å². The van der Waals surface area contributed by atoms with Crippen molar-refractivity contribution in [2.45, 2.75) is 31.8 Å². The number of carbonyl (C=O) groups excluding carboxylic acids is 1. The van der Waals surface area contributed by atoms with Gasteiger partial charge in [0.2, 0.25) is 0 Å². The second kappa shape index (κ2) is 4.16. The van der Waals surface area contributed by atoms with E-state index in [1.165, 1.54) is 25.8 Å². The van der Waals surface area contributed by atoms with Crippen molar-refractivity contribution in [2.24, 2.45) is 11.8 Å². The minimum atomic E-state index is -0.376. The first kappa shape index (κ1) is 10.8. The summed E-state index contributed by atoms with van der Waals surface area (Å²) >= 11 is 0. The van der Waals surface area contributed by atoms with E-state index in [0.29, 0.717) is 0 Å². The number of likely N-dealkylation sites (tertiary alicyclic amines) is 1. The molecule has 5 nitrogen and oxygen atoms in total. The molecule has 2 heterocycles. The van der Waals surface area contributed by atoms with Gasteiger partial charge in [0.25, 0.3) is 0 Å². The first-order valence-electron chi connectivity index (χ1n) is 6.10. The SMILES string of the molecule is NNC(=O)c1ccc(CN2CC3CCC2C3)o1. The normalized spacial score (nSPS) is 27.6. The summed E-state index contributed by atoms with van der Waals surface area (Å²) in [5.74, 6) is 6.69. The lowest BCUT2D eigenvalue weighted by Crippen LogP contribution is -2.31. The van der Waals surface area contributed by atoms with Crippen LogP contribution in [0, 0.1) is 5.92 Å². The minimum absolute atomic E-state index is 0.284. The van der Waals surface area contributed by atoms with Crippen LogP contribution in [0.5, 0.6) is 0 Å². The molecule has 1 aliphatic carbocycles. The first-order valence-corrected chi connectivity index (χ1v) is 6.10. The van der Waals surface area contributed by atoms with E-state index >= 15 is 0 Å². The number of amides is 1. The van der Waals surface area contributed by atoms with Gasteiger partial charge >= 0.3 is 5.91 Å². The molecule has 3 rings (SSSR count). The van der Waals surface area contributed by atoms with Gasteiger partial charge < -0.3 is 4.42 Å². The Bertz CT molecular complexity index is 429. The van der Waals surface area contributed by atoms with Gasteiger partial charge in [-0.25, -0.2) is 5.84 Å². The third-order valence-electron chi connectivity index (χ3n) is 3.90. The fourth-order valence-electron chi connectivity index (χ4n) is 3.08. The molecule has 1 saturated carbocycles. The predicted molar refractivity (Wildman–Crippen MR) is 61.9 cm³/mol. The fourth-order valence-corrected chi connectivity index (χ4v) is 3.08. The second-order valence-corrected chi connectivity index (χ2v) is 5.00. The van der Waals surface area contributed by atoms with Gasteiger partial charge in [-0.3, -0.25) is 15.1 Å². The van der Waals surface area contributed by atoms with Gasteiger partial charge in [0, 0.05) is 12.6 Å². The molecule has 1 aromatic heterocycles. The van der Waals surface area contributed by atoms with Gasteiger partial charge in [-0.05, 0) is 37.3 Å². The molecule has 0 radical (unpaired) electrons. The Morgan fingerprint density at radius 1 is 1.53 bits per heavy atom. The number of hydrogen-bond donors (Lipinski definition) is 2. The first-order chi connectivity index (χ1) is 8.26. The van der Waals surface area contributed by atoms with Crippen LogP contribution in [0.2, 0.25) is 0 Å². The van der Waals surface area contributed by atoms with E-state index in [1.54, 1.807) is 6.07 Å². The zero-order valence-corrected chi connectivity index (χ0v) is 9.69. The fraction of sp³-hybridized carbons (Fsp3) is 0.583. The molecule has 1 amide bonds. The number of carbonyl (C=O) groups is 1. The van der Waals surface area contributed by atoms with Gasteiger partial charge in [-0.2, -0.15) is 0 Å². The van der Waals surface area contributed by atoms with E-state index < -0.39 is 0 Å². The number of nitrogens with one attached hydrogen (secondary N) is 1. The quantitative estimate of drug-likeness (QED) is 0.463. The Balaban J connectivity index is 1.65. The van der Waals surface area contributed by atoms with E-state index in [-0.39, 0.29) is 11.7 Å². The largest absolute Gasteiger partial charge is 0.455 e. The van der Waals surface area contributed by atoms with Crippen molar-refractivity contribution in [3.05, 3.63) is 23.7 Å². The molecule has 92 valence electrons. The summed E-state index contributed by atoms with van der Waals surface area (Å²) in [6.45, 7) is 1.98. The highest BCUT2D eigenvalue weighted by molar-refractivity contribution is 5.90. The van der Waals surface area contributed by atoms with E-state index in [0.717, 1.165) is 24.3 Å². The van der Waals surface area contributed by atoms with E-state index in [9.17, 15) is 4.79 Å². The van der Waals surface area contributed by atoms with Crippen molar-refractivity contribution in [2.75, 3.05) is 6.54 Å². The minimum Gasteiger partial charge on any atom is -0.455 e. The summed E-state index contributed by atoms with van der Waals surface area (Å²) in [5, 5.41) is 0. The molecule has 2 unspecified atom stereocenters. The third-order valence-corrected chi connectivity index (χ3v) is 3.90. The molecular weight excluding hydrogens is 218 g/mol. The summed E-state index contributed by atoms with van der Waals surface area (Å²) in [6.07, 6.45) is 4.01. The molecule has 3 N–H and O–H groups in total. The third kappa shape index (κ3) is 1.96.